The van der Waals surface area contributed by atoms with Crippen LogP contribution in [0.5, 0.6) is 0 Å². The van der Waals surface area contributed by atoms with Crippen molar-refractivity contribution in [3.05, 3.63) is 35.4 Å². The Bertz CT molecular complexity index is 476. The van der Waals surface area contributed by atoms with Crippen LogP contribution in [-0.4, -0.2) is 18.4 Å². The summed E-state index contributed by atoms with van der Waals surface area (Å²) in [4.78, 5) is 23.4. The summed E-state index contributed by atoms with van der Waals surface area (Å²) in [5, 5.41) is 5.79. The third kappa shape index (κ3) is 4.37. The molecular weight excluding hydrogens is 252 g/mol. The number of rotatable bonds is 6. The highest BCUT2D eigenvalue weighted by molar-refractivity contribution is 5.94. The Morgan fingerprint density at radius 3 is 2.35 bits per heavy atom. The molecule has 0 saturated heterocycles. The molecule has 0 unspecified atom stereocenters. The van der Waals surface area contributed by atoms with E-state index >= 15 is 0 Å². The average Bonchev–Trinajstić information content (AvgIpc) is 3.27. The highest BCUT2D eigenvalue weighted by atomic mass is 16.2. The second-order valence-electron chi connectivity index (χ2n) is 5.79. The normalized spacial score (nSPS) is 14.2. The van der Waals surface area contributed by atoms with Gasteiger partial charge in [0.1, 0.15) is 0 Å². The van der Waals surface area contributed by atoms with E-state index < -0.39 is 0 Å². The number of carbonyl (C=O) groups excluding carboxylic acids is 2. The monoisotopic (exact) mass is 274 g/mol. The quantitative estimate of drug-likeness (QED) is 0.834. The third-order valence-corrected chi connectivity index (χ3v) is 3.30. The first-order valence-corrected chi connectivity index (χ1v) is 7.21. The highest BCUT2D eigenvalue weighted by Gasteiger charge is 2.29. The van der Waals surface area contributed by atoms with E-state index in [9.17, 15) is 9.59 Å². The molecule has 0 heterocycles. The molecule has 1 aliphatic rings. The van der Waals surface area contributed by atoms with Crippen LogP contribution in [0.2, 0.25) is 0 Å². The molecule has 2 N–H and O–H groups in total. The van der Waals surface area contributed by atoms with Crippen LogP contribution in [0.4, 0.5) is 0 Å². The summed E-state index contributed by atoms with van der Waals surface area (Å²) in [6.07, 6.45) is 2.03. The third-order valence-electron chi connectivity index (χ3n) is 3.30. The van der Waals surface area contributed by atoms with E-state index in [1.54, 1.807) is 12.1 Å². The standard InChI is InChI=1S/C16H22N2O2/c1-11(2)9-17-15(19)13-5-3-12(4-6-13)10-18-16(20)14-7-8-14/h3-6,11,14H,7-10H2,1-2H3,(H,17,19)(H,18,20). The maximum atomic E-state index is 11.8. The lowest BCUT2D eigenvalue weighted by molar-refractivity contribution is -0.122. The molecule has 1 fully saturated rings. The maximum absolute atomic E-state index is 11.8. The summed E-state index contributed by atoms with van der Waals surface area (Å²) < 4.78 is 0. The molecule has 0 bridgehead atoms. The van der Waals surface area contributed by atoms with Gasteiger partial charge in [0.15, 0.2) is 0 Å². The fourth-order valence-corrected chi connectivity index (χ4v) is 1.85. The van der Waals surface area contributed by atoms with E-state index in [0.29, 0.717) is 24.6 Å². The van der Waals surface area contributed by atoms with Gasteiger partial charge in [-0.1, -0.05) is 26.0 Å². The topological polar surface area (TPSA) is 58.2 Å². The second-order valence-corrected chi connectivity index (χ2v) is 5.79. The maximum Gasteiger partial charge on any atom is 0.251 e. The summed E-state index contributed by atoms with van der Waals surface area (Å²) in [5.41, 5.74) is 1.67. The smallest absolute Gasteiger partial charge is 0.251 e. The fourth-order valence-electron chi connectivity index (χ4n) is 1.85. The Morgan fingerprint density at radius 1 is 1.15 bits per heavy atom. The lowest BCUT2D eigenvalue weighted by Gasteiger charge is -2.08. The predicted molar refractivity (Wildman–Crippen MR) is 78.2 cm³/mol. The van der Waals surface area contributed by atoms with Gasteiger partial charge < -0.3 is 10.6 Å². The molecule has 0 aliphatic heterocycles. The second kappa shape index (κ2) is 6.55. The van der Waals surface area contributed by atoms with Crippen LogP contribution in [0.25, 0.3) is 0 Å². The Labute approximate surface area is 119 Å². The van der Waals surface area contributed by atoms with Crippen LogP contribution in [0, 0.1) is 11.8 Å². The molecule has 0 spiro atoms. The molecule has 108 valence electrons. The Morgan fingerprint density at radius 2 is 1.80 bits per heavy atom. The minimum absolute atomic E-state index is 0.0488. The van der Waals surface area contributed by atoms with Gasteiger partial charge in [0.2, 0.25) is 5.91 Å². The van der Waals surface area contributed by atoms with Crippen LogP contribution >= 0.6 is 0 Å². The number of nitrogens with one attached hydrogen (secondary N) is 2. The van der Waals surface area contributed by atoms with Gasteiger partial charge >= 0.3 is 0 Å². The van der Waals surface area contributed by atoms with Crippen molar-refractivity contribution < 1.29 is 9.59 Å². The molecule has 1 saturated carbocycles. The van der Waals surface area contributed by atoms with Crippen LogP contribution < -0.4 is 10.6 Å². The van der Waals surface area contributed by atoms with Gasteiger partial charge in [-0.25, -0.2) is 0 Å². The molecule has 20 heavy (non-hydrogen) atoms. The van der Waals surface area contributed by atoms with Crippen molar-refractivity contribution in [1.29, 1.82) is 0 Å². The zero-order valence-corrected chi connectivity index (χ0v) is 12.1. The van der Waals surface area contributed by atoms with E-state index in [4.69, 9.17) is 0 Å². The van der Waals surface area contributed by atoms with Crippen LogP contribution in [-0.2, 0) is 11.3 Å². The number of carbonyl (C=O) groups is 2. The van der Waals surface area contributed by atoms with Gasteiger partial charge in [-0.2, -0.15) is 0 Å². The Balaban J connectivity index is 1.82. The van der Waals surface area contributed by atoms with Gasteiger partial charge in [-0.3, -0.25) is 9.59 Å². The van der Waals surface area contributed by atoms with E-state index in [2.05, 4.69) is 24.5 Å². The van der Waals surface area contributed by atoms with E-state index in [0.717, 1.165) is 18.4 Å². The number of hydrogen-bond acceptors (Lipinski definition) is 2. The van der Waals surface area contributed by atoms with E-state index in [1.165, 1.54) is 0 Å². The molecule has 4 heteroatoms. The summed E-state index contributed by atoms with van der Waals surface area (Å²) in [6.45, 7) is 5.33. The van der Waals surface area contributed by atoms with Crippen LogP contribution in [0.1, 0.15) is 42.6 Å². The van der Waals surface area contributed by atoms with Crippen molar-refractivity contribution in [2.75, 3.05) is 6.54 Å². The Hall–Kier alpha value is -1.84. The summed E-state index contributed by atoms with van der Waals surface area (Å²) >= 11 is 0. The van der Waals surface area contributed by atoms with Gasteiger partial charge in [-0.05, 0) is 36.5 Å². The van der Waals surface area contributed by atoms with Gasteiger partial charge in [-0.15, -0.1) is 0 Å². The largest absolute Gasteiger partial charge is 0.352 e. The van der Waals surface area contributed by atoms with Crippen molar-refractivity contribution in [2.45, 2.75) is 33.2 Å². The molecular formula is C16H22N2O2. The van der Waals surface area contributed by atoms with Gasteiger partial charge in [0.05, 0.1) is 0 Å². The van der Waals surface area contributed by atoms with E-state index in [1.807, 2.05) is 12.1 Å². The van der Waals surface area contributed by atoms with Crippen LogP contribution in [0.15, 0.2) is 24.3 Å². The zero-order valence-electron chi connectivity index (χ0n) is 12.1. The SMILES string of the molecule is CC(C)CNC(=O)c1ccc(CNC(=O)C2CC2)cc1. The summed E-state index contributed by atoms with van der Waals surface area (Å²) in [6, 6.07) is 7.37. The lowest BCUT2D eigenvalue weighted by Crippen LogP contribution is -2.27. The minimum atomic E-state index is -0.0488. The molecule has 0 aromatic heterocycles. The zero-order chi connectivity index (χ0) is 14.5. The minimum Gasteiger partial charge on any atom is -0.352 e. The molecule has 1 aliphatic carbocycles. The van der Waals surface area contributed by atoms with Crippen molar-refractivity contribution in [3.8, 4) is 0 Å². The number of amides is 2. The van der Waals surface area contributed by atoms with Crippen LogP contribution in [0.3, 0.4) is 0 Å². The molecule has 0 radical (unpaired) electrons. The average molecular weight is 274 g/mol. The van der Waals surface area contributed by atoms with Gasteiger partial charge in [0, 0.05) is 24.6 Å². The molecule has 2 amide bonds. The summed E-state index contributed by atoms with van der Waals surface area (Å²) in [5.74, 6) is 0.767. The van der Waals surface area contributed by atoms with Crippen molar-refractivity contribution in [1.82, 2.24) is 10.6 Å². The molecule has 2 rings (SSSR count). The number of hydrogen-bond donors (Lipinski definition) is 2. The lowest BCUT2D eigenvalue weighted by atomic mass is 10.1. The molecule has 1 aromatic rings. The van der Waals surface area contributed by atoms with Crippen molar-refractivity contribution >= 4 is 11.8 Å². The summed E-state index contributed by atoms with van der Waals surface area (Å²) in [7, 11) is 0. The van der Waals surface area contributed by atoms with Gasteiger partial charge in [0.25, 0.3) is 5.91 Å². The molecule has 4 nitrogen and oxygen atoms in total. The van der Waals surface area contributed by atoms with E-state index in [-0.39, 0.29) is 17.7 Å². The van der Waals surface area contributed by atoms with Crippen molar-refractivity contribution in [2.24, 2.45) is 11.8 Å². The fraction of sp³-hybridized carbons (Fsp3) is 0.500. The Kier molecular flexibility index (Phi) is 4.77. The first kappa shape index (κ1) is 14.6. The number of benzene rings is 1. The van der Waals surface area contributed by atoms with Crippen molar-refractivity contribution in [3.63, 3.8) is 0 Å². The highest BCUT2D eigenvalue weighted by Crippen LogP contribution is 2.28. The first-order valence-electron chi connectivity index (χ1n) is 7.21. The molecule has 0 atom stereocenters. The molecule has 1 aromatic carbocycles. The predicted octanol–water partition coefficient (Wildman–Crippen LogP) is 2.10. The first-order chi connectivity index (χ1) is 9.56.